The molecule has 1 aliphatic heterocycles. The van der Waals surface area contributed by atoms with E-state index in [0.717, 1.165) is 6.42 Å². The summed E-state index contributed by atoms with van der Waals surface area (Å²) in [6.45, 7) is 5.41. The van der Waals surface area contributed by atoms with Crippen molar-refractivity contribution in [2.45, 2.75) is 32.4 Å². The average molecular weight is 456 g/mol. The Kier molecular flexibility index (Phi) is 8.00. The Labute approximate surface area is 193 Å². The number of carbonyl (C=O) groups excluding carboxylic acids is 2. The fourth-order valence-electron chi connectivity index (χ4n) is 3.80. The summed E-state index contributed by atoms with van der Waals surface area (Å²) in [5.41, 5.74) is 0.797. The first-order valence-electron chi connectivity index (χ1n) is 10.9. The highest BCUT2D eigenvalue weighted by atomic mass is 16.6. The molecule has 0 N–H and O–H groups in total. The molecule has 1 fully saturated rings. The molecule has 0 aromatic heterocycles. The Bertz CT molecular complexity index is 994. The quantitative estimate of drug-likeness (QED) is 0.447. The fourth-order valence-corrected chi connectivity index (χ4v) is 3.80. The van der Waals surface area contributed by atoms with E-state index < -0.39 is 4.92 Å². The number of hydrogen-bond donors (Lipinski definition) is 0. The zero-order valence-electron chi connectivity index (χ0n) is 19.1. The lowest BCUT2D eigenvalue weighted by Gasteiger charge is -2.37. The van der Waals surface area contributed by atoms with Crippen molar-refractivity contribution in [2.75, 3.05) is 33.4 Å². The molecule has 0 aliphatic carbocycles. The van der Waals surface area contributed by atoms with Gasteiger partial charge in [0.1, 0.15) is 5.75 Å². The summed E-state index contributed by atoms with van der Waals surface area (Å²) in [7, 11) is 1.53. The van der Waals surface area contributed by atoms with Crippen LogP contribution in [0.1, 0.15) is 41.0 Å². The smallest absolute Gasteiger partial charge is 0.269 e. The highest BCUT2D eigenvalue weighted by Crippen LogP contribution is 2.23. The number of nitro groups is 1. The van der Waals surface area contributed by atoms with Crippen LogP contribution >= 0.6 is 0 Å². The van der Waals surface area contributed by atoms with Gasteiger partial charge < -0.3 is 19.3 Å². The van der Waals surface area contributed by atoms with E-state index in [0.29, 0.717) is 43.1 Å². The van der Waals surface area contributed by atoms with Gasteiger partial charge in [0.25, 0.3) is 17.5 Å². The fraction of sp³-hybridized carbons (Fsp3) is 0.417. The third kappa shape index (κ3) is 5.67. The first-order valence-corrected chi connectivity index (χ1v) is 10.9. The molecule has 9 nitrogen and oxygen atoms in total. The molecular weight excluding hydrogens is 426 g/mol. The van der Waals surface area contributed by atoms with Crippen LogP contribution in [0.15, 0.2) is 48.5 Å². The molecule has 2 amide bonds. The maximum atomic E-state index is 13.4. The van der Waals surface area contributed by atoms with Gasteiger partial charge in [0, 0.05) is 43.4 Å². The number of para-hydroxylation sites is 1. The van der Waals surface area contributed by atoms with Crippen molar-refractivity contribution in [1.82, 2.24) is 9.80 Å². The van der Waals surface area contributed by atoms with Gasteiger partial charge in [0.05, 0.1) is 30.3 Å². The van der Waals surface area contributed by atoms with Crippen molar-refractivity contribution in [2.24, 2.45) is 0 Å². The standard InChI is InChI=1S/C24H29N3O6/c1-4-17(2)26(24(29)21-7-5-6-8-22(21)32-3)16-20-15-25(13-14-33-20)23(28)18-9-11-19(12-10-18)27(30)31/h5-12,17,20H,4,13-16H2,1-3H3/t17-,20+/m1/s1. The summed E-state index contributed by atoms with van der Waals surface area (Å²) in [5, 5.41) is 10.9. The number of non-ortho nitro benzene ring substituents is 1. The van der Waals surface area contributed by atoms with Crippen molar-refractivity contribution in [1.29, 1.82) is 0 Å². The van der Waals surface area contributed by atoms with Crippen LogP contribution in [0.4, 0.5) is 5.69 Å². The van der Waals surface area contributed by atoms with E-state index in [1.807, 2.05) is 19.9 Å². The molecule has 2 aromatic rings. The Balaban J connectivity index is 1.73. The van der Waals surface area contributed by atoms with Gasteiger partial charge in [0.15, 0.2) is 0 Å². The highest BCUT2D eigenvalue weighted by Gasteiger charge is 2.31. The van der Waals surface area contributed by atoms with Crippen molar-refractivity contribution in [3.05, 3.63) is 69.8 Å². The number of ether oxygens (including phenoxy) is 2. The van der Waals surface area contributed by atoms with E-state index in [-0.39, 0.29) is 29.6 Å². The van der Waals surface area contributed by atoms with Crippen molar-refractivity contribution in [3.63, 3.8) is 0 Å². The van der Waals surface area contributed by atoms with Crippen LogP contribution in [0.25, 0.3) is 0 Å². The number of hydrogen-bond acceptors (Lipinski definition) is 6. The van der Waals surface area contributed by atoms with E-state index in [1.54, 1.807) is 28.0 Å². The monoisotopic (exact) mass is 455 g/mol. The Morgan fingerprint density at radius 2 is 1.94 bits per heavy atom. The van der Waals surface area contributed by atoms with E-state index in [2.05, 4.69) is 0 Å². The van der Waals surface area contributed by atoms with Crippen LogP contribution in [-0.4, -0.2) is 72.0 Å². The van der Waals surface area contributed by atoms with E-state index in [4.69, 9.17) is 9.47 Å². The van der Waals surface area contributed by atoms with Gasteiger partial charge >= 0.3 is 0 Å². The summed E-state index contributed by atoms with van der Waals surface area (Å²) >= 11 is 0. The lowest BCUT2D eigenvalue weighted by Crippen LogP contribution is -2.52. The molecule has 1 aliphatic rings. The van der Waals surface area contributed by atoms with Crippen molar-refractivity contribution < 1.29 is 24.0 Å². The molecule has 0 unspecified atom stereocenters. The normalized spacial score (nSPS) is 16.7. The largest absolute Gasteiger partial charge is 0.496 e. The molecule has 0 radical (unpaired) electrons. The maximum absolute atomic E-state index is 13.4. The minimum atomic E-state index is -0.499. The predicted octanol–water partition coefficient (Wildman–Crippen LogP) is 3.39. The van der Waals surface area contributed by atoms with Gasteiger partial charge in [0.2, 0.25) is 0 Å². The summed E-state index contributed by atoms with van der Waals surface area (Å²) < 4.78 is 11.3. The first-order chi connectivity index (χ1) is 15.8. The number of morpholine rings is 1. The van der Waals surface area contributed by atoms with Crippen molar-refractivity contribution >= 4 is 17.5 Å². The number of nitro benzene ring substituents is 1. The number of carbonyl (C=O) groups is 2. The molecule has 1 saturated heterocycles. The molecule has 0 bridgehead atoms. The lowest BCUT2D eigenvalue weighted by atomic mass is 10.1. The second kappa shape index (κ2) is 10.9. The van der Waals surface area contributed by atoms with Crippen LogP contribution < -0.4 is 4.74 Å². The lowest BCUT2D eigenvalue weighted by molar-refractivity contribution is -0.384. The van der Waals surface area contributed by atoms with Gasteiger partial charge in [-0.2, -0.15) is 0 Å². The summed E-state index contributed by atoms with van der Waals surface area (Å²) in [6.07, 6.45) is 0.410. The summed E-state index contributed by atoms with van der Waals surface area (Å²) in [6, 6.07) is 12.6. The van der Waals surface area contributed by atoms with Gasteiger partial charge in [-0.15, -0.1) is 0 Å². The van der Waals surface area contributed by atoms with Crippen LogP contribution in [0, 0.1) is 10.1 Å². The summed E-state index contributed by atoms with van der Waals surface area (Å²) in [5.74, 6) is 0.143. The molecule has 0 saturated carbocycles. The topological polar surface area (TPSA) is 102 Å². The van der Waals surface area contributed by atoms with Crippen LogP contribution in [0.5, 0.6) is 5.75 Å². The van der Waals surface area contributed by atoms with Gasteiger partial charge in [-0.25, -0.2) is 0 Å². The van der Waals surface area contributed by atoms with Crippen LogP contribution in [0.3, 0.4) is 0 Å². The van der Waals surface area contributed by atoms with Gasteiger partial charge in [-0.3, -0.25) is 19.7 Å². The number of benzene rings is 2. The molecule has 3 rings (SSSR count). The van der Waals surface area contributed by atoms with Crippen LogP contribution in [-0.2, 0) is 4.74 Å². The third-order valence-electron chi connectivity index (χ3n) is 5.87. The average Bonchev–Trinajstić information content (AvgIpc) is 2.86. The van der Waals surface area contributed by atoms with Gasteiger partial charge in [-0.1, -0.05) is 19.1 Å². The Morgan fingerprint density at radius 3 is 2.58 bits per heavy atom. The number of methoxy groups -OCH3 is 1. The second-order valence-electron chi connectivity index (χ2n) is 7.96. The van der Waals surface area contributed by atoms with Gasteiger partial charge in [-0.05, 0) is 37.6 Å². The van der Waals surface area contributed by atoms with E-state index >= 15 is 0 Å². The van der Waals surface area contributed by atoms with Crippen LogP contribution in [0.2, 0.25) is 0 Å². The molecule has 33 heavy (non-hydrogen) atoms. The van der Waals surface area contributed by atoms with E-state index in [9.17, 15) is 19.7 Å². The Morgan fingerprint density at radius 1 is 1.24 bits per heavy atom. The molecular formula is C24H29N3O6. The summed E-state index contributed by atoms with van der Waals surface area (Å²) in [4.78, 5) is 40.1. The van der Waals surface area contributed by atoms with E-state index in [1.165, 1.54) is 31.4 Å². The van der Waals surface area contributed by atoms with Crippen molar-refractivity contribution in [3.8, 4) is 5.75 Å². The zero-order chi connectivity index (χ0) is 24.0. The molecule has 1 heterocycles. The Hall–Kier alpha value is -3.46. The highest BCUT2D eigenvalue weighted by molar-refractivity contribution is 5.97. The predicted molar refractivity (Wildman–Crippen MR) is 123 cm³/mol. The second-order valence-corrected chi connectivity index (χ2v) is 7.96. The first kappa shape index (κ1) is 24.2. The molecule has 2 atom stereocenters. The number of amides is 2. The molecule has 9 heteroatoms. The minimum Gasteiger partial charge on any atom is -0.496 e. The number of nitrogens with zero attached hydrogens (tertiary/aromatic N) is 3. The molecule has 0 spiro atoms. The third-order valence-corrected chi connectivity index (χ3v) is 5.87. The SMILES string of the molecule is CC[C@@H](C)N(C[C@@H]1CN(C(=O)c2ccc([N+](=O)[O-])cc2)CCO1)C(=O)c1ccccc1OC. The maximum Gasteiger partial charge on any atom is 0.269 e. The zero-order valence-corrected chi connectivity index (χ0v) is 19.1. The minimum absolute atomic E-state index is 0.0354. The molecule has 2 aromatic carbocycles. The molecule has 176 valence electrons. The number of rotatable bonds is 8.